The van der Waals surface area contributed by atoms with Crippen LogP contribution < -0.4 is 10.5 Å². The number of amides is 2. The quantitative estimate of drug-likeness (QED) is 0.691. The number of fused-ring (bicyclic) bond motifs is 2. The van der Waals surface area contributed by atoms with Crippen LogP contribution >= 0.6 is 0 Å². The van der Waals surface area contributed by atoms with E-state index in [1.165, 1.54) is 16.3 Å². The number of likely N-dealkylation sites (tertiary alicyclic amines) is 1. The first-order valence-electron chi connectivity index (χ1n) is 9.61. The van der Waals surface area contributed by atoms with E-state index in [0.717, 1.165) is 16.9 Å². The van der Waals surface area contributed by atoms with Gasteiger partial charge < -0.3 is 20.1 Å². The predicted molar refractivity (Wildman–Crippen MR) is 108 cm³/mol. The smallest absolute Gasteiger partial charge is 0.314 e. The predicted octanol–water partition coefficient (Wildman–Crippen LogP) is 4.29. The second-order valence-electron chi connectivity index (χ2n) is 7.51. The number of carbonyl (C=O) groups is 1. The van der Waals surface area contributed by atoms with Crippen molar-refractivity contribution < 1.29 is 14.3 Å². The van der Waals surface area contributed by atoms with Gasteiger partial charge in [-0.3, -0.25) is 0 Å². The first kappa shape index (κ1) is 17.1. The molecule has 1 saturated heterocycles. The van der Waals surface area contributed by atoms with E-state index in [2.05, 4.69) is 54.6 Å². The number of rotatable bonds is 1. The molecule has 2 heterocycles. The summed E-state index contributed by atoms with van der Waals surface area (Å²) < 4.78 is 12.4. The maximum absolute atomic E-state index is 11.3. The Hall–Kier alpha value is -3.05. The molecular weight excluding hydrogens is 352 g/mol. The summed E-state index contributed by atoms with van der Waals surface area (Å²) in [5.41, 5.74) is 8.75. The third-order valence-corrected chi connectivity index (χ3v) is 5.77. The highest BCUT2D eigenvalue weighted by Crippen LogP contribution is 2.39. The number of nitrogens with two attached hydrogens (primary N) is 1. The molecule has 0 aliphatic carbocycles. The Morgan fingerprint density at radius 3 is 2.43 bits per heavy atom. The van der Waals surface area contributed by atoms with Gasteiger partial charge in [0.25, 0.3) is 0 Å². The number of ether oxygens (including phenoxy) is 2. The molecule has 5 heteroatoms. The first-order chi connectivity index (χ1) is 13.6. The summed E-state index contributed by atoms with van der Waals surface area (Å²) in [6.07, 6.45) is 1.25. The van der Waals surface area contributed by atoms with Crippen LogP contribution in [0.1, 0.15) is 18.4 Å². The van der Waals surface area contributed by atoms with Crippen LogP contribution in [0.15, 0.2) is 60.7 Å². The second kappa shape index (κ2) is 6.53. The van der Waals surface area contributed by atoms with E-state index in [1.54, 1.807) is 4.90 Å². The van der Waals surface area contributed by atoms with Gasteiger partial charge in [0, 0.05) is 31.5 Å². The highest BCUT2D eigenvalue weighted by Gasteiger charge is 2.41. The zero-order valence-electron chi connectivity index (χ0n) is 15.6. The highest BCUT2D eigenvalue weighted by molar-refractivity contribution is 5.87. The number of carbonyl (C=O) groups excluding carboxylic acids is 1. The van der Waals surface area contributed by atoms with Crippen molar-refractivity contribution in [3.8, 4) is 16.9 Å². The fraction of sp³-hybridized carbons (Fsp3) is 0.261. The van der Waals surface area contributed by atoms with Gasteiger partial charge in [0.2, 0.25) is 5.79 Å². The molecule has 2 N–H and O–H groups in total. The zero-order chi connectivity index (χ0) is 19.1. The van der Waals surface area contributed by atoms with Crippen LogP contribution in [-0.4, -0.2) is 29.8 Å². The Bertz CT molecular complexity index is 1050. The summed E-state index contributed by atoms with van der Waals surface area (Å²) in [6, 6.07) is 20.8. The van der Waals surface area contributed by atoms with E-state index in [4.69, 9.17) is 15.2 Å². The lowest BCUT2D eigenvalue weighted by Crippen LogP contribution is -2.53. The molecule has 0 saturated carbocycles. The Morgan fingerprint density at radius 2 is 1.64 bits per heavy atom. The van der Waals surface area contributed by atoms with Crippen molar-refractivity contribution in [2.75, 3.05) is 13.1 Å². The van der Waals surface area contributed by atoms with Crippen LogP contribution in [-0.2, 0) is 11.3 Å². The van der Waals surface area contributed by atoms with Crippen molar-refractivity contribution in [2.24, 2.45) is 5.73 Å². The highest BCUT2D eigenvalue weighted by atomic mass is 16.7. The molecule has 5 nitrogen and oxygen atoms in total. The molecule has 0 bridgehead atoms. The molecule has 1 spiro atoms. The Kier molecular flexibility index (Phi) is 3.98. The third-order valence-electron chi connectivity index (χ3n) is 5.77. The number of benzene rings is 3. The van der Waals surface area contributed by atoms with Gasteiger partial charge in [0.05, 0.1) is 6.61 Å². The molecule has 28 heavy (non-hydrogen) atoms. The number of hydrogen-bond acceptors (Lipinski definition) is 3. The van der Waals surface area contributed by atoms with Crippen molar-refractivity contribution >= 4 is 16.8 Å². The molecule has 2 aliphatic heterocycles. The largest absolute Gasteiger partial charge is 0.462 e. The van der Waals surface area contributed by atoms with E-state index >= 15 is 0 Å². The average molecular weight is 374 g/mol. The zero-order valence-corrected chi connectivity index (χ0v) is 15.6. The van der Waals surface area contributed by atoms with Crippen LogP contribution in [0.25, 0.3) is 21.9 Å². The van der Waals surface area contributed by atoms with E-state index in [1.807, 2.05) is 6.07 Å². The number of primary amides is 1. The molecule has 142 valence electrons. The monoisotopic (exact) mass is 374 g/mol. The van der Waals surface area contributed by atoms with Crippen LogP contribution in [0.3, 0.4) is 0 Å². The Labute approximate surface area is 163 Å². The second-order valence-corrected chi connectivity index (χ2v) is 7.51. The normalized spacial score (nSPS) is 17.9. The standard InChI is InChI=1S/C23H22N2O3/c24-22(26)25-11-9-23(10-12-25)27-15-20-14-19(7-8-21(20)28-23)18-6-5-16-3-1-2-4-17(16)13-18/h1-8,13-14H,9-12,15H2,(H2,24,26). The van der Waals surface area contributed by atoms with Gasteiger partial charge in [-0.25, -0.2) is 4.79 Å². The molecule has 0 atom stereocenters. The summed E-state index contributed by atoms with van der Waals surface area (Å²) in [4.78, 5) is 13.0. The molecule has 2 aliphatic rings. The third kappa shape index (κ3) is 2.98. The Morgan fingerprint density at radius 1 is 0.929 bits per heavy atom. The van der Waals surface area contributed by atoms with Gasteiger partial charge in [-0.05, 0) is 40.1 Å². The lowest BCUT2D eigenvalue weighted by Gasteiger charge is -2.43. The summed E-state index contributed by atoms with van der Waals surface area (Å²) in [6.45, 7) is 1.62. The van der Waals surface area contributed by atoms with E-state index in [-0.39, 0.29) is 6.03 Å². The van der Waals surface area contributed by atoms with Crippen LogP contribution in [0.5, 0.6) is 5.75 Å². The fourth-order valence-electron chi connectivity index (χ4n) is 4.09. The minimum absolute atomic E-state index is 0.383. The Balaban J connectivity index is 1.39. The lowest BCUT2D eigenvalue weighted by atomic mass is 9.98. The lowest BCUT2D eigenvalue weighted by molar-refractivity contribution is -0.225. The molecular formula is C23H22N2O3. The molecule has 2 amide bonds. The summed E-state index contributed by atoms with van der Waals surface area (Å²) in [7, 11) is 0. The molecule has 5 rings (SSSR count). The van der Waals surface area contributed by atoms with Gasteiger partial charge in [-0.15, -0.1) is 0 Å². The maximum atomic E-state index is 11.3. The van der Waals surface area contributed by atoms with Crippen molar-refractivity contribution in [3.05, 3.63) is 66.2 Å². The van der Waals surface area contributed by atoms with Gasteiger partial charge in [0.15, 0.2) is 0 Å². The van der Waals surface area contributed by atoms with Crippen molar-refractivity contribution in [1.29, 1.82) is 0 Å². The maximum Gasteiger partial charge on any atom is 0.314 e. The topological polar surface area (TPSA) is 64.8 Å². The van der Waals surface area contributed by atoms with Gasteiger partial charge in [-0.2, -0.15) is 0 Å². The van der Waals surface area contributed by atoms with E-state index in [0.29, 0.717) is 32.5 Å². The van der Waals surface area contributed by atoms with Crippen molar-refractivity contribution in [2.45, 2.75) is 25.2 Å². The molecule has 3 aromatic carbocycles. The number of piperidine rings is 1. The average Bonchev–Trinajstić information content (AvgIpc) is 2.73. The van der Waals surface area contributed by atoms with Crippen LogP contribution in [0, 0.1) is 0 Å². The number of nitrogens with zero attached hydrogens (tertiary/aromatic N) is 1. The van der Waals surface area contributed by atoms with Crippen LogP contribution in [0.4, 0.5) is 4.79 Å². The fourth-order valence-corrected chi connectivity index (χ4v) is 4.09. The number of urea groups is 1. The summed E-state index contributed by atoms with van der Waals surface area (Å²) in [5.74, 6) is 0.215. The van der Waals surface area contributed by atoms with Crippen LogP contribution in [0.2, 0.25) is 0 Å². The van der Waals surface area contributed by atoms with Gasteiger partial charge in [0.1, 0.15) is 5.75 Å². The molecule has 0 unspecified atom stereocenters. The van der Waals surface area contributed by atoms with Gasteiger partial charge >= 0.3 is 6.03 Å². The van der Waals surface area contributed by atoms with Crippen molar-refractivity contribution in [3.63, 3.8) is 0 Å². The number of hydrogen-bond donors (Lipinski definition) is 1. The first-order valence-corrected chi connectivity index (χ1v) is 9.61. The van der Waals surface area contributed by atoms with Gasteiger partial charge in [-0.1, -0.05) is 42.5 Å². The van der Waals surface area contributed by atoms with E-state index in [9.17, 15) is 4.79 Å². The summed E-state index contributed by atoms with van der Waals surface area (Å²) in [5, 5.41) is 2.46. The molecule has 1 fully saturated rings. The molecule has 3 aromatic rings. The summed E-state index contributed by atoms with van der Waals surface area (Å²) >= 11 is 0. The molecule has 0 radical (unpaired) electrons. The molecule has 0 aromatic heterocycles. The minimum atomic E-state index is -0.649. The minimum Gasteiger partial charge on any atom is -0.462 e. The van der Waals surface area contributed by atoms with E-state index < -0.39 is 5.79 Å². The van der Waals surface area contributed by atoms with Crippen molar-refractivity contribution in [1.82, 2.24) is 4.90 Å². The SMILES string of the molecule is NC(=O)N1CCC2(CC1)OCc1cc(-c3ccc4ccccc4c3)ccc1O2.